The van der Waals surface area contributed by atoms with E-state index in [0.29, 0.717) is 13.0 Å². The van der Waals surface area contributed by atoms with Gasteiger partial charge in [-0.2, -0.15) is 13.2 Å². The lowest BCUT2D eigenvalue weighted by molar-refractivity contribution is -0.139. The largest absolute Gasteiger partial charge is 0.481 e. The third-order valence-electron chi connectivity index (χ3n) is 6.81. The average molecular weight is 490 g/mol. The number of benzene rings is 2. The van der Waals surface area contributed by atoms with Gasteiger partial charge >= 0.3 is 12.1 Å². The third-order valence-corrected chi connectivity index (χ3v) is 6.81. The molecule has 6 heteroatoms. The summed E-state index contributed by atoms with van der Waals surface area (Å²) < 4.78 is 38.9. The zero-order valence-corrected chi connectivity index (χ0v) is 21.2. The highest BCUT2D eigenvalue weighted by molar-refractivity contribution is 5.67. The molecule has 3 unspecified atom stereocenters. The summed E-state index contributed by atoms with van der Waals surface area (Å²) in [5, 5.41) is 9.20. The Bertz CT molecular complexity index is 936. The van der Waals surface area contributed by atoms with Gasteiger partial charge in [0.2, 0.25) is 0 Å². The number of nitrogens with zero attached hydrogens (tertiary/aromatic N) is 1. The number of aliphatic carboxylic acids is 1. The van der Waals surface area contributed by atoms with E-state index in [0.717, 1.165) is 41.2 Å². The Labute approximate surface area is 207 Å². The Hall–Kier alpha value is -2.60. The molecule has 192 valence electrons. The number of alkyl halides is 3. The van der Waals surface area contributed by atoms with Crippen molar-refractivity contribution in [2.24, 2.45) is 11.8 Å². The Kier molecular flexibility index (Phi) is 10.6. The molecule has 1 fully saturated rings. The maximum Gasteiger partial charge on any atom is 0.416 e. The van der Waals surface area contributed by atoms with Crippen molar-refractivity contribution < 1.29 is 23.1 Å². The molecular formula is C29H38F3NO2. The third kappa shape index (κ3) is 8.53. The zero-order valence-electron chi connectivity index (χ0n) is 21.2. The number of halogens is 3. The summed E-state index contributed by atoms with van der Waals surface area (Å²) >= 11 is 0. The Morgan fingerprint density at radius 1 is 1.11 bits per heavy atom. The van der Waals surface area contributed by atoms with Gasteiger partial charge in [-0.3, -0.25) is 9.69 Å². The highest BCUT2D eigenvalue weighted by Crippen LogP contribution is 2.41. The fourth-order valence-electron chi connectivity index (χ4n) is 4.28. The van der Waals surface area contributed by atoms with E-state index in [1.54, 1.807) is 6.08 Å². The number of piperidine rings is 1. The van der Waals surface area contributed by atoms with Crippen molar-refractivity contribution in [2.75, 3.05) is 6.54 Å². The van der Waals surface area contributed by atoms with E-state index in [9.17, 15) is 23.1 Å². The Balaban J connectivity index is 0.000000784. The van der Waals surface area contributed by atoms with Gasteiger partial charge in [-0.15, -0.1) is 0 Å². The molecule has 2 aromatic carbocycles. The normalized spacial score (nSPS) is 19.5. The summed E-state index contributed by atoms with van der Waals surface area (Å²) in [6.45, 7) is 13.2. The van der Waals surface area contributed by atoms with E-state index in [1.807, 2.05) is 24.3 Å². The second kappa shape index (κ2) is 12.9. The van der Waals surface area contributed by atoms with Crippen molar-refractivity contribution in [1.29, 1.82) is 0 Å². The fourth-order valence-corrected chi connectivity index (χ4v) is 4.28. The molecule has 0 aromatic heterocycles. The molecule has 3 atom stereocenters. The van der Waals surface area contributed by atoms with Crippen LogP contribution in [0.5, 0.6) is 0 Å². The number of likely N-dealkylation sites (tertiary alicyclic amines) is 1. The van der Waals surface area contributed by atoms with E-state index in [1.165, 1.54) is 18.6 Å². The van der Waals surface area contributed by atoms with E-state index >= 15 is 0 Å². The lowest BCUT2D eigenvalue weighted by Crippen LogP contribution is -2.39. The number of hydrogen-bond acceptors (Lipinski definition) is 2. The number of carbonyl (C=O) groups is 1. The van der Waals surface area contributed by atoms with Crippen LogP contribution in [0.1, 0.15) is 87.7 Å². The summed E-state index contributed by atoms with van der Waals surface area (Å²) in [5.41, 5.74) is 2.23. The minimum absolute atomic E-state index is 0.00128. The van der Waals surface area contributed by atoms with Gasteiger partial charge in [0.25, 0.3) is 0 Å². The van der Waals surface area contributed by atoms with Crippen LogP contribution < -0.4 is 0 Å². The number of rotatable bonds is 7. The molecule has 35 heavy (non-hydrogen) atoms. The van der Waals surface area contributed by atoms with Crippen LogP contribution in [0, 0.1) is 11.8 Å². The summed E-state index contributed by atoms with van der Waals surface area (Å²) in [6, 6.07) is 13.2. The van der Waals surface area contributed by atoms with Gasteiger partial charge in [-0.1, -0.05) is 76.2 Å². The predicted molar refractivity (Wildman–Crippen MR) is 136 cm³/mol. The molecule has 1 aliphatic heterocycles. The van der Waals surface area contributed by atoms with Gasteiger partial charge in [0.15, 0.2) is 0 Å². The first-order valence-electron chi connectivity index (χ1n) is 12.3. The standard InChI is InChI=1S/C24H26F3NO2.C5H12/c1-3-17-4-6-19(7-5-17)16(2)28-13-12-18(15-23(29)30)14-22(28)20-8-10-21(11-9-20)24(25,26)27;1-4-5(2)3/h3-11,16,18,22H,1,12-15H2,2H3,(H,29,30);5H,4H2,1-3H3. The van der Waals surface area contributed by atoms with Crippen LogP contribution in [0.2, 0.25) is 0 Å². The van der Waals surface area contributed by atoms with Crippen molar-refractivity contribution in [2.45, 2.75) is 71.6 Å². The van der Waals surface area contributed by atoms with E-state index in [4.69, 9.17) is 0 Å². The van der Waals surface area contributed by atoms with Crippen LogP contribution in [0.15, 0.2) is 55.1 Å². The SMILES string of the molecule is C=Cc1ccc(C(C)N2CCC(CC(=O)O)CC2c2ccc(C(F)(F)F)cc2)cc1.CCC(C)C. The van der Waals surface area contributed by atoms with Gasteiger partial charge < -0.3 is 5.11 Å². The molecule has 1 heterocycles. The van der Waals surface area contributed by atoms with Gasteiger partial charge in [0, 0.05) is 18.5 Å². The summed E-state index contributed by atoms with van der Waals surface area (Å²) in [7, 11) is 0. The first kappa shape index (κ1) is 28.6. The van der Waals surface area contributed by atoms with Crippen molar-refractivity contribution in [3.63, 3.8) is 0 Å². The van der Waals surface area contributed by atoms with E-state index in [-0.39, 0.29) is 24.4 Å². The molecule has 0 spiro atoms. The average Bonchev–Trinajstić information content (AvgIpc) is 2.83. The van der Waals surface area contributed by atoms with Gasteiger partial charge in [-0.05, 0) is 67.0 Å². The smallest absolute Gasteiger partial charge is 0.416 e. The zero-order chi connectivity index (χ0) is 26.2. The summed E-state index contributed by atoms with van der Waals surface area (Å²) in [6.07, 6.45) is 0.131. The number of carboxylic acids is 1. The molecule has 3 rings (SSSR count). The van der Waals surface area contributed by atoms with Crippen molar-refractivity contribution in [1.82, 2.24) is 4.90 Å². The van der Waals surface area contributed by atoms with E-state index in [2.05, 4.69) is 39.2 Å². The number of hydrogen-bond donors (Lipinski definition) is 1. The fraction of sp³-hybridized carbons (Fsp3) is 0.483. The lowest BCUT2D eigenvalue weighted by Gasteiger charge is -2.43. The molecule has 0 aliphatic carbocycles. The maximum atomic E-state index is 13.0. The van der Waals surface area contributed by atoms with Crippen LogP contribution in [-0.4, -0.2) is 22.5 Å². The Morgan fingerprint density at radius 2 is 1.69 bits per heavy atom. The second-order valence-electron chi connectivity index (χ2n) is 9.71. The summed E-state index contributed by atoms with van der Waals surface area (Å²) in [4.78, 5) is 13.5. The molecule has 1 aliphatic rings. The minimum Gasteiger partial charge on any atom is -0.481 e. The summed E-state index contributed by atoms with van der Waals surface area (Å²) in [5.74, 6) is 0.0454. The van der Waals surface area contributed by atoms with Gasteiger partial charge in [0.05, 0.1) is 5.56 Å². The monoisotopic (exact) mass is 489 g/mol. The van der Waals surface area contributed by atoms with Crippen LogP contribution in [0.3, 0.4) is 0 Å². The van der Waals surface area contributed by atoms with Crippen molar-refractivity contribution in [3.8, 4) is 0 Å². The van der Waals surface area contributed by atoms with E-state index < -0.39 is 17.7 Å². The second-order valence-corrected chi connectivity index (χ2v) is 9.71. The first-order valence-corrected chi connectivity index (χ1v) is 12.3. The molecule has 0 bridgehead atoms. The molecule has 1 saturated heterocycles. The molecule has 2 aromatic rings. The quantitative estimate of drug-likeness (QED) is 0.424. The van der Waals surface area contributed by atoms with Crippen LogP contribution in [0.4, 0.5) is 13.2 Å². The molecule has 0 amide bonds. The Morgan fingerprint density at radius 3 is 2.14 bits per heavy atom. The topological polar surface area (TPSA) is 40.5 Å². The lowest BCUT2D eigenvalue weighted by atomic mass is 9.83. The maximum absolute atomic E-state index is 13.0. The molecule has 0 saturated carbocycles. The molecule has 0 radical (unpaired) electrons. The van der Waals surface area contributed by atoms with Gasteiger partial charge in [-0.25, -0.2) is 0 Å². The molecule has 1 N–H and O–H groups in total. The van der Waals surface area contributed by atoms with Gasteiger partial charge in [0.1, 0.15) is 0 Å². The predicted octanol–water partition coefficient (Wildman–Crippen LogP) is 8.39. The minimum atomic E-state index is -4.38. The van der Waals surface area contributed by atoms with Crippen molar-refractivity contribution >= 4 is 12.0 Å². The van der Waals surface area contributed by atoms with Crippen LogP contribution in [-0.2, 0) is 11.0 Å². The van der Waals surface area contributed by atoms with Crippen LogP contribution in [0.25, 0.3) is 6.08 Å². The molecule has 3 nitrogen and oxygen atoms in total. The highest BCUT2D eigenvalue weighted by Gasteiger charge is 2.35. The highest BCUT2D eigenvalue weighted by atomic mass is 19.4. The number of carboxylic acid groups (broad SMARTS) is 1. The molecular weight excluding hydrogens is 451 g/mol. The first-order chi connectivity index (χ1) is 16.5. The van der Waals surface area contributed by atoms with Crippen LogP contribution >= 0.6 is 0 Å². The van der Waals surface area contributed by atoms with Crippen molar-refractivity contribution in [3.05, 3.63) is 77.4 Å².